The van der Waals surface area contributed by atoms with E-state index >= 15 is 0 Å². The lowest BCUT2D eigenvalue weighted by Gasteiger charge is -2.13. The number of nitrogens with two attached hydrogens (primary N) is 1. The van der Waals surface area contributed by atoms with E-state index in [-0.39, 0.29) is 0 Å². The third-order valence-electron chi connectivity index (χ3n) is 5.88. The lowest BCUT2D eigenvalue weighted by molar-refractivity contribution is 0.525. The molecular weight excluding hydrogens is 434 g/mol. The smallest absolute Gasteiger partial charge is 0.227 e. The van der Waals surface area contributed by atoms with Crippen LogP contribution in [0.2, 0.25) is 0 Å². The molecular formula is C24H29N7OS. The summed E-state index contributed by atoms with van der Waals surface area (Å²) in [5, 5.41) is 4.33. The van der Waals surface area contributed by atoms with Crippen LogP contribution in [-0.4, -0.2) is 37.1 Å². The molecule has 0 amide bonds. The normalized spacial score (nSPS) is 13.3. The van der Waals surface area contributed by atoms with Gasteiger partial charge in [-0.3, -0.25) is 0 Å². The maximum absolute atomic E-state index is 6.15. The summed E-state index contributed by atoms with van der Waals surface area (Å²) < 4.78 is 8.07. The molecule has 4 aromatic rings. The number of hydrogen-bond donors (Lipinski definition) is 2. The van der Waals surface area contributed by atoms with Crippen LogP contribution in [-0.2, 0) is 19.4 Å². The van der Waals surface area contributed by atoms with E-state index in [1.165, 1.54) is 23.9 Å². The molecule has 0 unspecified atom stereocenters. The molecule has 3 aromatic heterocycles. The van der Waals surface area contributed by atoms with Crippen molar-refractivity contribution in [1.82, 2.24) is 29.8 Å². The van der Waals surface area contributed by atoms with Gasteiger partial charge in [-0.25, -0.2) is 19.9 Å². The van der Waals surface area contributed by atoms with E-state index < -0.39 is 0 Å². The number of rotatable bonds is 8. The Labute approximate surface area is 197 Å². The Balaban J connectivity index is 1.55. The number of nitrogen functional groups attached to an aromatic ring is 1. The van der Waals surface area contributed by atoms with E-state index in [1.807, 2.05) is 6.92 Å². The number of nitrogens with one attached hydrogen (secondary N) is 1. The number of aryl methyl sites for hydroxylation is 4. The second-order valence-corrected chi connectivity index (χ2v) is 9.80. The number of aromatic nitrogens is 5. The zero-order valence-corrected chi connectivity index (χ0v) is 20.1. The van der Waals surface area contributed by atoms with E-state index in [2.05, 4.69) is 50.8 Å². The first-order chi connectivity index (χ1) is 16.0. The molecule has 0 radical (unpaired) electrons. The van der Waals surface area contributed by atoms with Crippen molar-refractivity contribution in [3.8, 4) is 11.5 Å². The highest BCUT2D eigenvalue weighted by molar-refractivity contribution is 7.99. The van der Waals surface area contributed by atoms with Gasteiger partial charge in [-0.15, -0.1) is 0 Å². The maximum atomic E-state index is 6.15. The number of hydrogen-bond acceptors (Lipinski definition) is 8. The molecule has 9 heteroatoms. The second-order valence-electron chi connectivity index (χ2n) is 8.79. The number of fused-ring (bicyclic) bond motifs is 2. The van der Waals surface area contributed by atoms with Crippen molar-refractivity contribution in [3.63, 3.8) is 0 Å². The van der Waals surface area contributed by atoms with Gasteiger partial charge in [0.15, 0.2) is 22.1 Å². The Morgan fingerprint density at radius 2 is 2.00 bits per heavy atom. The third kappa shape index (κ3) is 4.47. The Morgan fingerprint density at radius 1 is 1.18 bits per heavy atom. The minimum Gasteiger partial charge on any atom is -0.441 e. The number of anilines is 1. The molecule has 0 saturated heterocycles. The largest absolute Gasteiger partial charge is 0.441 e. The van der Waals surface area contributed by atoms with Crippen molar-refractivity contribution in [2.24, 2.45) is 0 Å². The number of benzene rings is 1. The molecule has 1 aliphatic carbocycles. The molecule has 1 aliphatic rings. The molecule has 1 aromatic carbocycles. The van der Waals surface area contributed by atoms with E-state index in [0.29, 0.717) is 23.3 Å². The highest BCUT2D eigenvalue weighted by Gasteiger charge is 2.22. The van der Waals surface area contributed by atoms with Crippen molar-refractivity contribution in [3.05, 3.63) is 41.5 Å². The Kier molecular flexibility index (Phi) is 6.07. The summed E-state index contributed by atoms with van der Waals surface area (Å²) in [7, 11) is 0. The van der Waals surface area contributed by atoms with Crippen molar-refractivity contribution >= 4 is 28.7 Å². The quantitative estimate of drug-likeness (QED) is 0.370. The van der Waals surface area contributed by atoms with Gasteiger partial charge in [0.1, 0.15) is 12.1 Å². The molecule has 172 valence electrons. The van der Waals surface area contributed by atoms with Crippen LogP contribution in [0.3, 0.4) is 0 Å². The molecule has 0 atom stereocenters. The predicted octanol–water partition coefficient (Wildman–Crippen LogP) is 4.40. The molecule has 3 N–H and O–H groups in total. The topological polar surface area (TPSA) is 108 Å². The predicted molar refractivity (Wildman–Crippen MR) is 130 cm³/mol. The zero-order valence-electron chi connectivity index (χ0n) is 19.3. The van der Waals surface area contributed by atoms with Crippen LogP contribution in [0.15, 0.2) is 39.1 Å². The molecule has 0 saturated carbocycles. The number of oxazole rings is 1. The number of imidazole rings is 1. The van der Waals surface area contributed by atoms with Gasteiger partial charge in [0.25, 0.3) is 0 Å². The summed E-state index contributed by atoms with van der Waals surface area (Å²) >= 11 is 1.62. The SMILES string of the molecule is Cc1cnc(-c2cc3c(cc2Sc2nc4c(N)ncnc4n2CCCNC(C)C)CCC3)o1. The first-order valence-corrected chi connectivity index (χ1v) is 12.3. The van der Waals surface area contributed by atoms with Gasteiger partial charge in [0, 0.05) is 17.5 Å². The highest BCUT2D eigenvalue weighted by atomic mass is 32.2. The molecule has 0 aliphatic heterocycles. The molecule has 3 heterocycles. The van der Waals surface area contributed by atoms with Crippen LogP contribution in [0.25, 0.3) is 22.6 Å². The van der Waals surface area contributed by atoms with Crippen LogP contribution in [0.5, 0.6) is 0 Å². The lowest BCUT2D eigenvalue weighted by Crippen LogP contribution is -2.24. The van der Waals surface area contributed by atoms with Crippen LogP contribution in [0.1, 0.15) is 43.6 Å². The average Bonchev–Trinajstić information content (AvgIpc) is 3.50. The van der Waals surface area contributed by atoms with Crippen LogP contribution < -0.4 is 11.1 Å². The summed E-state index contributed by atoms with van der Waals surface area (Å²) in [6.07, 6.45) is 7.61. The molecule has 0 spiro atoms. The summed E-state index contributed by atoms with van der Waals surface area (Å²) in [6, 6.07) is 4.97. The number of nitrogens with zero attached hydrogens (tertiary/aromatic N) is 5. The van der Waals surface area contributed by atoms with E-state index in [1.54, 1.807) is 18.0 Å². The standard InChI is InChI=1S/C24H29N7OS/c1-14(2)26-8-5-9-31-22-20(21(25)28-13-29-22)30-24(31)33-19-11-17-7-4-6-16(17)10-18(19)23-27-12-15(3)32-23/h10-14,26H,4-9H2,1-3H3,(H2,25,28,29). The first kappa shape index (κ1) is 21.9. The van der Waals surface area contributed by atoms with Crippen molar-refractivity contribution in [2.75, 3.05) is 12.3 Å². The van der Waals surface area contributed by atoms with Gasteiger partial charge < -0.3 is 20.0 Å². The molecule has 8 nitrogen and oxygen atoms in total. The van der Waals surface area contributed by atoms with Gasteiger partial charge in [-0.2, -0.15) is 0 Å². The van der Waals surface area contributed by atoms with Gasteiger partial charge >= 0.3 is 0 Å². The van der Waals surface area contributed by atoms with Crippen LogP contribution in [0.4, 0.5) is 5.82 Å². The first-order valence-electron chi connectivity index (χ1n) is 11.5. The van der Waals surface area contributed by atoms with E-state index in [0.717, 1.165) is 59.4 Å². The molecule has 0 bridgehead atoms. The highest BCUT2D eigenvalue weighted by Crippen LogP contribution is 2.40. The minimum atomic E-state index is 0.401. The Bertz CT molecular complexity index is 1290. The monoisotopic (exact) mass is 463 g/mol. The fourth-order valence-corrected chi connectivity index (χ4v) is 5.35. The lowest BCUT2D eigenvalue weighted by atomic mass is 10.1. The van der Waals surface area contributed by atoms with Crippen molar-refractivity contribution < 1.29 is 4.42 Å². The van der Waals surface area contributed by atoms with Crippen LogP contribution >= 0.6 is 11.8 Å². The molecule has 0 fully saturated rings. The van der Waals surface area contributed by atoms with Gasteiger partial charge in [0.2, 0.25) is 5.89 Å². The average molecular weight is 464 g/mol. The summed E-state index contributed by atoms with van der Waals surface area (Å²) in [4.78, 5) is 19.1. The fraction of sp³-hybridized carbons (Fsp3) is 0.417. The maximum Gasteiger partial charge on any atom is 0.227 e. The summed E-state index contributed by atoms with van der Waals surface area (Å²) in [5.74, 6) is 1.85. The van der Waals surface area contributed by atoms with Crippen LogP contribution in [0, 0.1) is 6.92 Å². The minimum absolute atomic E-state index is 0.401. The Morgan fingerprint density at radius 3 is 2.76 bits per heavy atom. The summed E-state index contributed by atoms with van der Waals surface area (Å²) in [6.45, 7) is 7.93. The molecule has 5 rings (SSSR count). The van der Waals surface area contributed by atoms with Crippen molar-refractivity contribution in [2.45, 2.75) is 69.1 Å². The molecule has 33 heavy (non-hydrogen) atoms. The van der Waals surface area contributed by atoms with Gasteiger partial charge in [0.05, 0.1) is 11.8 Å². The van der Waals surface area contributed by atoms with E-state index in [4.69, 9.17) is 15.1 Å². The fourth-order valence-electron chi connectivity index (χ4n) is 4.27. The van der Waals surface area contributed by atoms with Gasteiger partial charge in [-0.1, -0.05) is 25.6 Å². The Hall–Kier alpha value is -2.91. The zero-order chi connectivity index (χ0) is 22.9. The van der Waals surface area contributed by atoms with Crippen molar-refractivity contribution in [1.29, 1.82) is 0 Å². The second kappa shape index (κ2) is 9.15. The van der Waals surface area contributed by atoms with E-state index in [9.17, 15) is 0 Å². The third-order valence-corrected chi connectivity index (χ3v) is 6.94. The van der Waals surface area contributed by atoms with Gasteiger partial charge in [-0.05, 0) is 62.4 Å². The summed E-state index contributed by atoms with van der Waals surface area (Å²) in [5.41, 5.74) is 11.3.